The smallest absolute Gasteiger partial charge is 0.251 e. The Morgan fingerprint density at radius 3 is 2.12 bits per heavy atom. The molecule has 33 heavy (non-hydrogen) atoms. The van der Waals surface area contributed by atoms with Crippen molar-refractivity contribution in [2.24, 2.45) is 13.0 Å². The van der Waals surface area contributed by atoms with E-state index < -0.39 is 12.1 Å². The number of rotatable bonds is 9. The number of aryl methyl sites for hydroxylation is 1. The minimum atomic E-state index is -0.743. The third-order valence-electron chi connectivity index (χ3n) is 5.38. The van der Waals surface area contributed by atoms with Gasteiger partial charge in [0.2, 0.25) is 5.91 Å². The van der Waals surface area contributed by atoms with E-state index in [0.29, 0.717) is 22.9 Å². The molecule has 0 aliphatic heterocycles. The van der Waals surface area contributed by atoms with Gasteiger partial charge in [-0.1, -0.05) is 32.0 Å². The summed E-state index contributed by atoms with van der Waals surface area (Å²) >= 11 is 0. The standard InChI is InChI=1S/C25H30N4O4/c1-16(2)21(27-24(30)17-9-7-6-8-10-17)25(31)28-22(23-26-11-12-29(23)3)18-13-19(32-4)15-20(14-18)33-5/h6-16,21-22H,1-5H3,(H,27,30)(H,28,31)/t21-,22?/m0/s1. The van der Waals surface area contributed by atoms with Crippen molar-refractivity contribution in [3.05, 3.63) is 77.9 Å². The van der Waals surface area contributed by atoms with E-state index in [4.69, 9.17) is 9.47 Å². The maximum atomic E-state index is 13.4. The van der Waals surface area contributed by atoms with Crippen molar-refractivity contribution in [1.82, 2.24) is 20.2 Å². The molecule has 2 atom stereocenters. The molecule has 0 saturated carbocycles. The molecular formula is C25H30N4O4. The van der Waals surface area contributed by atoms with Crippen LogP contribution in [0.1, 0.15) is 41.6 Å². The first-order chi connectivity index (χ1) is 15.8. The van der Waals surface area contributed by atoms with Gasteiger partial charge in [0.15, 0.2) is 0 Å². The average Bonchev–Trinajstić information content (AvgIpc) is 3.25. The van der Waals surface area contributed by atoms with Gasteiger partial charge in [0.1, 0.15) is 29.4 Å². The SMILES string of the molecule is COc1cc(OC)cc(C(NC(=O)[C@@H](NC(=O)c2ccccc2)C(C)C)c2nccn2C)c1. The predicted octanol–water partition coefficient (Wildman–Crippen LogP) is 3.10. The van der Waals surface area contributed by atoms with Gasteiger partial charge in [0, 0.05) is 31.1 Å². The van der Waals surface area contributed by atoms with E-state index >= 15 is 0 Å². The van der Waals surface area contributed by atoms with Gasteiger partial charge >= 0.3 is 0 Å². The number of amides is 2. The van der Waals surface area contributed by atoms with Crippen LogP contribution in [-0.2, 0) is 11.8 Å². The summed E-state index contributed by atoms with van der Waals surface area (Å²) < 4.78 is 12.7. The maximum Gasteiger partial charge on any atom is 0.251 e. The Bertz CT molecular complexity index is 1070. The molecule has 1 unspecified atom stereocenters. The van der Waals surface area contributed by atoms with Gasteiger partial charge in [0.05, 0.1) is 14.2 Å². The highest BCUT2D eigenvalue weighted by Gasteiger charge is 2.29. The molecule has 8 heteroatoms. The van der Waals surface area contributed by atoms with E-state index in [1.807, 2.05) is 49.9 Å². The van der Waals surface area contributed by atoms with E-state index in [2.05, 4.69) is 15.6 Å². The summed E-state index contributed by atoms with van der Waals surface area (Å²) in [6.07, 6.45) is 3.48. The van der Waals surface area contributed by atoms with Gasteiger partial charge in [-0.2, -0.15) is 0 Å². The number of imidazole rings is 1. The van der Waals surface area contributed by atoms with Crippen molar-refractivity contribution in [2.45, 2.75) is 25.9 Å². The summed E-state index contributed by atoms with van der Waals surface area (Å²) in [7, 11) is 5.00. The Morgan fingerprint density at radius 2 is 1.61 bits per heavy atom. The highest BCUT2D eigenvalue weighted by molar-refractivity contribution is 5.97. The van der Waals surface area contributed by atoms with Crippen LogP contribution < -0.4 is 20.1 Å². The van der Waals surface area contributed by atoms with E-state index in [-0.39, 0.29) is 17.7 Å². The third-order valence-corrected chi connectivity index (χ3v) is 5.38. The number of nitrogens with one attached hydrogen (secondary N) is 2. The fourth-order valence-corrected chi connectivity index (χ4v) is 3.53. The second kappa shape index (κ2) is 10.7. The molecule has 0 aliphatic carbocycles. The molecule has 1 heterocycles. The number of benzene rings is 2. The summed E-state index contributed by atoms with van der Waals surface area (Å²) in [6.45, 7) is 3.78. The number of carbonyl (C=O) groups excluding carboxylic acids is 2. The number of carbonyl (C=O) groups is 2. The Labute approximate surface area is 193 Å². The topological polar surface area (TPSA) is 94.5 Å². The van der Waals surface area contributed by atoms with E-state index in [9.17, 15) is 9.59 Å². The van der Waals surface area contributed by atoms with Crippen molar-refractivity contribution in [1.29, 1.82) is 0 Å². The molecule has 2 aromatic carbocycles. The number of hydrogen-bond donors (Lipinski definition) is 2. The number of ether oxygens (including phenoxy) is 2. The Kier molecular flexibility index (Phi) is 7.71. The quantitative estimate of drug-likeness (QED) is 0.522. The average molecular weight is 451 g/mol. The predicted molar refractivity (Wildman–Crippen MR) is 125 cm³/mol. The molecule has 3 rings (SSSR count). The number of methoxy groups -OCH3 is 2. The summed E-state index contributed by atoms with van der Waals surface area (Å²) in [5.74, 6) is 1.06. The second-order valence-electron chi connectivity index (χ2n) is 8.05. The fourth-order valence-electron chi connectivity index (χ4n) is 3.53. The zero-order valence-corrected chi connectivity index (χ0v) is 19.5. The molecular weight excluding hydrogens is 420 g/mol. The van der Waals surface area contributed by atoms with E-state index in [0.717, 1.165) is 5.56 Å². The van der Waals surface area contributed by atoms with Gasteiger partial charge in [0.25, 0.3) is 5.91 Å². The van der Waals surface area contributed by atoms with Gasteiger partial charge in [-0.15, -0.1) is 0 Å². The van der Waals surface area contributed by atoms with Crippen LogP contribution >= 0.6 is 0 Å². The Hall–Kier alpha value is -3.81. The van der Waals surface area contributed by atoms with Crippen molar-refractivity contribution in [2.75, 3.05) is 14.2 Å². The van der Waals surface area contributed by atoms with Crippen LogP contribution in [0.15, 0.2) is 60.9 Å². The van der Waals surface area contributed by atoms with Crippen molar-refractivity contribution in [3.63, 3.8) is 0 Å². The van der Waals surface area contributed by atoms with Gasteiger partial charge in [-0.25, -0.2) is 4.98 Å². The molecule has 0 saturated heterocycles. The minimum absolute atomic E-state index is 0.139. The number of hydrogen-bond acceptors (Lipinski definition) is 5. The lowest BCUT2D eigenvalue weighted by atomic mass is 10.00. The van der Waals surface area contributed by atoms with Gasteiger partial charge in [-0.05, 0) is 35.7 Å². The Balaban J connectivity index is 1.92. The molecule has 0 radical (unpaired) electrons. The molecule has 2 amide bonds. The molecule has 174 valence electrons. The van der Waals surface area contributed by atoms with Crippen LogP contribution in [0.5, 0.6) is 11.5 Å². The van der Waals surface area contributed by atoms with Gasteiger partial charge < -0.3 is 24.7 Å². The first kappa shape index (κ1) is 23.8. The largest absolute Gasteiger partial charge is 0.497 e. The molecule has 2 N–H and O–H groups in total. The third kappa shape index (κ3) is 5.71. The van der Waals surface area contributed by atoms with E-state index in [1.54, 1.807) is 50.7 Å². The summed E-state index contributed by atoms with van der Waals surface area (Å²) in [5.41, 5.74) is 1.24. The number of aromatic nitrogens is 2. The second-order valence-corrected chi connectivity index (χ2v) is 8.05. The first-order valence-electron chi connectivity index (χ1n) is 10.7. The van der Waals surface area contributed by atoms with Crippen LogP contribution in [-0.4, -0.2) is 41.6 Å². The monoisotopic (exact) mass is 450 g/mol. The van der Waals surface area contributed by atoms with Gasteiger partial charge in [-0.3, -0.25) is 9.59 Å². The summed E-state index contributed by atoms with van der Waals surface area (Å²) in [5, 5.41) is 5.94. The highest BCUT2D eigenvalue weighted by Crippen LogP contribution is 2.29. The van der Waals surface area contributed by atoms with Crippen molar-refractivity contribution in [3.8, 4) is 11.5 Å². The zero-order chi connectivity index (χ0) is 24.0. The van der Waals surface area contributed by atoms with Crippen LogP contribution in [0.2, 0.25) is 0 Å². The molecule has 8 nitrogen and oxygen atoms in total. The maximum absolute atomic E-state index is 13.4. The summed E-state index contributed by atoms with van der Waals surface area (Å²) in [4.78, 5) is 30.6. The first-order valence-corrected chi connectivity index (χ1v) is 10.7. The molecule has 3 aromatic rings. The fraction of sp³-hybridized carbons (Fsp3) is 0.320. The van der Waals surface area contributed by atoms with Crippen LogP contribution in [0.3, 0.4) is 0 Å². The van der Waals surface area contributed by atoms with Crippen molar-refractivity contribution >= 4 is 11.8 Å². The summed E-state index contributed by atoms with van der Waals surface area (Å²) in [6, 6.07) is 12.9. The molecule has 0 fully saturated rings. The van der Waals surface area contributed by atoms with Crippen molar-refractivity contribution < 1.29 is 19.1 Å². The van der Waals surface area contributed by atoms with Crippen LogP contribution in [0, 0.1) is 5.92 Å². The number of nitrogens with zero attached hydrogens (tertiary/aromatic N) is 2. The molecule has 0 aliphatic rings. The van der Waals surface area contributed by atoms with Crippen LogP contribution in [0.4, 0.5) is 0 Å². The lowest BCUT2D eigenvalue weighted by Crippen LogP contribution is -2.50. The zero-order valence-electron chi connectivity index (χ0n) is 19.5. The highest BCUT2D eigenvalue weighted by atomic mass is 16.5. The molecule has 0 spiro atoms. The molecule has 0 bridgehead atoms. The Morgan fingerprint density at radius 1 is 0.970 bits per heavy atom. The van der Waals surface area contributed by atoms with E-state index in [1.165, 1.54) is 0 Å². The minimum Gasteiger partial charge on any atom is -0.497 e. The lowest BCUT2D eigenvalue weighted by Gasteiger charge is -2.26. The normalized spacial score (nSPS) is 12.7. The molecule has 1 aromatic heterocycles. The van der Waals surface area contributed by atoms with Crippen LogP contribution in [0.25, 0.3) is 0 Å². The lowest BCUT2D eigenvalue weighted by molar-refractivity contribution is -0.124.